The van der Waals surface area contributed by atoms with Crippen LogP contribution in [0.2, 0.25) is 10.0 Å². The monoisotopic (exact) mass is 339 g/mol. The summed E-state index contributed by atoms with van der Waals surface area (Å²) in [4.78, 5) is 23.3. The van der Waals surface area contributed by atoms with Crippen molar-refractivity contribution in [2.24, 2.45) is 0 Å². The highest BCUT2D eigenvalue weighted by molar-refractivity contribution is 6.31. The van der Waals surface area contributed by atoms with Crippen molar-refractivity contribution in [2.75, 3.05) is 11.9 Å². The van der Waals surface area contributed by atoms with Crippen LogP contribution >= 0.6 is 23.2 Å². The lowest BCUT2D eigenvalue weighted by Gasteiger charge is -2.09. The molecule has 2 rings (SSSR count). The first-order valence-corrected chi connectivity index (χ1v) is 7.46. The summed E-state index contributed by atoms with van der Waals surface area (Å²) < 4.78 is 1.51. The molecule has 0 unspecified atom stereocenters. The molecule has 22 heavy (non-hydrogen) atoms. The van der Waals surface area contributed by atoms with Gasteiger partial charge in [-0.25, -0.2) is 4.79 Å². The van der Waals surface area contributed by atoms with E-state index in [-0.39, 0.29) is 11.6 Å². The lowest BCUT2D eigenvalue weighted by Crippen LogP contribution is -2.30. The van der Waals surface area contributed by atoms with Crippen LogP contribution in [-0.4, -0.2) is 17.1 Å². The third-order valence-corrected chi connectivity index (χ3v) is 3.35. The van der Waals surface area contributed by atoms with E-state index in [0.29, 0.717) is 35.2 Å². The molecular weight excluding hydrogens is 325 g/mol. The second-order valence-corrected chi connectivity index (χ2v) is 5.50. The van der Waals surface area contributed by atoms with E-state index in [4.69, 9.17) is 23.2 Å². The van der Waals surface area contributed by atoms with Crippen LogP contribution in [0, 0.1) is 0 Å². The average molecular weight is 340 g/mol. The van der Waals surface area contributed by atoms with Gasteiger partial charge in [0.1, 0.15) is 0 Å². The summed E-state index contributed by atoms with van der Waals surface area (Å²) >= 11 is 11.7. The number of anilines is 1. The number of pyridine rings is 1. The second-order valence-electron chi connectivity index (χ2n) is 4.62. The Balaban J connectivity index is 1.75. The molecule has 0 aliphatic heterocycles. The Hall–Kier alpha value is -1.98. The molecule has 0 aliphatic rings. The van der Waals surface area contributed by atoms with Crippen molar-refractivity contribution in [1.82, 2.24) is 9.88 Å². The average Bonchev–Trinajstić information content (AvgIpc) is 2.47. The fourth-order valence-electron chi connectivity index (χ4n) is 1.87. The van der Waals surface area contributed by atoms with Crippen LogP contribution in [0.15, 0.2) is 47.4 Å². The number of hydrogen-bond donors (Lipinski definition) is 2. The van der Waals surface area contributed by atoms with Crippen LogP contribution in [0.3, 0.4) is 0 Å². The van der Waals surface area contributed by atoms with Gasteiger partial charge in [0, 0.05) is 36.1 Å². The standard InChI is InChI=1S/C15H15Cl2N3O2/c16-11-3-1-4-13(9-11)19-15(22)18-7-2-8-20-10-12(17)5-6-14(20)21/h1,3-6,9-10H,2,7-8H2,(H2,18,19,22). The highest BCUT2D eigenvalue weighted by atomic mass is 35.5. The Morgan fingerprint density at radius 3 is 2.73 bits per heavy atom. The third kappa shape index (κ3) is 5.09. The normalized spacial score (nSPS) is 10.3. The van der Waals surface area contributed by atoms with Gasteiger partial charge in [-0.3, -0.25) is 4.79 Å². The van der Waals surface area contributed by atoms with Gasteiger partial charge >= 0.3 is 6.03 Å². The smallest absolute Gasteiger partial charge is 0.319 e. The highest BCUT2D eigenvalue weighted by Crippen LogP contribution is 2.14. The molecule has 1 heterocycles. The molecule has 0 saturated heterocycles. The molecule has 2 amide bonds. The van der Waals surface area contributed by atoms with E-state index in [2.05, 4.69) is 10.6 Å². The van der Waals surface area contributed by atoms with Crippen LogP contribution in [0.4, 0.5) is 10.5 Å². The maximum Gasteiger partial charge on any atom is 0.319 e. The number of nitrogens with zero attached hydrogens (tertiary/aromatic N) is 1. The molecule has 5 nitrogen and oxygen atoms in total. The number of aromatic nitrogens is 1. The molecular formula is C15H15Cl2N3O2. The molecule has 1 aromatic carbocycles. The predicted octanol–water partition coefficient (Wildman–Crippen LogP) is 3.37. The van der Waals surface area contributed by atoms with Crippen molar-refractivity contribution < 1.29 is 4.79 Å². The molecule has 0 saturated carbocycles. The van der Waals surface area contributed by atoms with E-state index in [1.165, 1.54) is 10.6 Å². The molecule has 0 radical (unpaired) electrons. The van der Waals surface area contributed by atoms with Crippen molar-refractivity contribution in [3.8, 4) is 0 Å². The predicted molar refractivity (Wildman–Crippen MR) is 88.8 cm³/mol. The van der Waals surface area contributed by atoms with Crippen molar-refractivity contribution in [3.05, 3.63) is 63.0 Å². The first-order chi connectivity index (χ1) is 10.5. The lowest BCUT2D eigenvalue weighted by molar-refractivity contribution is 0.252. The summed E-state index contributed by atoms with van der Waals surface area (Å²) in [7, 11) is 0. The highest BCUT2D eigenvalue weighted by Gasteiger charge is 2.02. The number of halogens is 2. The fraction of sp³-hybridized carbons (Fsp3) is 0.200. The molecule has 0 bridgehead atoms. The van der Waals surface area contributed by atoms with Crippen molar-refractivity contribution >= 4 is 34.9 Å². The number of nitrogens with one attached hydrogen (secondary N) is 2. The van der Waals surface area contributed by atoms with Gasteiger partial charge in [0.25, 0.3) is 5.56 Å². The maximum absolute atomic E-state index is 11.7. The molecule has 0 fully saturated rings. The van der Waals surface area contributed by atoms with E-state index >= 15 is 0 Å². The minimum Gasteiger partial charge on any atom is -0.338 e. The Kier molecular flexibility index (Phi) is 5.86. The van der Waals surface area contributed by atoms with E-state index < -0.39 is 0 Å². The van der Waals surface area contributed by atoms with Crippen molar-refractivity contribution in [3.63, 3.8) is 0 Å². The Morgan fingerprint density at radius 1 is 1.14 bits per heavy atom. The Morgan fingerprint density at radius 2 is 1.95 bits per heavy atom. The zero-order valence-corrected chi connectivity index (χ0v) is 13.2. The van der Waals surface area contributed by atoms with E-state index in [1.807, 2.05) is 0 Å². The fourth-order valence-corrected chi connectivity index (χ4v) is 2.24. The van der Waals surface area contributed by atoms with E-state index in [1.54, 1.807) is 36.5 Å². The molecule has 0 atom stereocenters. The number of rotatable bonds is 5. The number of carbonyl (C=O) groups is 1. The first-order valence-electron chi connectivity index (χ1n) is 6.71. The summed E-state index contributed by atoms with van der Waals surface area (Å²) in [6.45, 7) is 0.919. The van der Waals surface area contributed by atoms with Gasteiger partial charge in [0.05, 0.1) is 5.02 Å². The summed E-state index contributed by atoms with van der Waals surface area (Å²) in [6, 6.07) is 9.54. The Bertz CT molecular complexity index is 716. The third-order valence-electron chi connectivity index (χ3n) is 2.89. The van der Waals surface area contributed by atoms with Gasteiger partial charge in [0.2, 0.25) is 0 Å². The number of hydrogen-bond acceptors (Lipinski definition) is 2. The molecule has 2 N–H and O–H groups in total. The molecule has 0 spiro atoms. The molecule has 116 valence electrons. The Labute approximate surface area is 137 Å². The summed E-state index contributed by atoms with van der Waals surface area (Å²) in [6.07, 6.45) is 2.19. The van der Waals surface area contributed by atoms with Gasteiger partial charge in [-0.1, -0.05) is 29.3 Å². The summed E-state index contributed by atoms with van der Waals surface area (Å²) in [5, 5.41) is 6.45. The van der Waals surface area contributed by atoms with Crippen molar-refractivity contribution in [2.45, 2.75) is 13.0 Å². The van der Waals surface area contributed by atoms with Crippen LogP contribution in [-0.2, 0) is 6.54 Å². The second kappa shape index (κ2) is 7.87. The molecule has 2 aromatic rings. The molecule has 7 heteroatoms. The van der Waals surface area contributed by atoms with E-state index in [9.17, 15) is 9.59 Å². The number of carbonyl (C=O) groups excluding carboxylic acids is 1. The number of benzene rings is 1. The molecule has 0 aliphatic carbocycles. The number of urea groups is 1. The molecule has 1 aromatic heterocycles. The van der Waals surface area contributed by atoms with Gasteiger partial charge in [-0.05, 0) is 30.7 Å². The van der Waals surface area contributed by atoms with Gasteiger partial charge in [-0.15, -0.1) is 0 Å². The van der Waals surface area contributed by atoms with Crippen LogP contribution in [0.5, 0.6) is 0 Å². The number of amides is 2. The van der Waals surface area contributed by atoms with Crippen LogP contribution in [0.25, 0.3) is 0 Å². The lowest BCUT2D eigenvalue weighted by atomic mass is 10.3. The quantitative estimate of drug-likeness (QED) is 0.820. The summed E-state index contributed by atoms with van der Waals surface area (Å²) in [5.41, 5.74) is 0.504. The van der Waals surface area contributed by atoms with Crippen LogP contribution in [0.1, 0.15) is 6.42 Å². The van der Waals surface area contributed by atoms with E-state index in [0.717, 1.165) is 0 Å². The SMILES string of the molecule is O=C(NCCCn1cc(Cl)ccc1=O)Nc1cccc(Cl)c1. The first kappa shape index (κ1) is 16.4. The van der Waals surface area contributed by atoms with Gasteiger partial charge in [-0.2, -0.15) is 0 Å². The van der Waals surface area contributed by atoms with Crippen LogP contribution < -0.4 is 16.2 Å². The van der Waals surface area contributed by atoms with Gasteiger partial charge in [0.15, 0.2) is 0 Å². The minimum atomic E-state index is -0.319. The topological polar surface area (TPSA) is 63.1 Å². The number of aryl methyl sites for hydroxylation is 1. The zero-order valence-electron chi connectivity index (χ0n) is 11.7. The van der Waals surface area contributed by atoms with Crippen molar-refractivity contribution in [1.29, 1.82) is 0 Å². The largest absolute Gasteiger partial charge is 0.338 e. The maximum atomic E-state index is 11.7. The van der Waals surface area contributed by atoms with Gasteiger partial charge < -0.3 is 15.2 Å². The summed E-state index contributed by atoms with van der Waals surface area (Å²) in [5.74, 6) is 0. The minimum absolute atomic E-state index is 0.118. The zero-order chi connectivity index (χ0) is 15.9.